The van der Waals surface area contributed by atoms with E-state index in [2.05, 4.69) is 10.0 Å². The van der Waals surface area contributed by atoms with Gasteiger partial charge in [-0.15, -0.1) is 0 Å². The van der Waals surface area contributed by atoms with Gasteiger partial charge in [0.2, 0.25) is 0 Å². The van der Waals surface area contributed by atoms with Gasteiger partial charge in [-0.25, -0.2) is 8.42 Å². The molecule has 1 amide bonds. The molecular weight excluding hydrogens is 448 g/mol. The average molecular weight is 473 g/mol. The Morgan fingerprint density at radius 2 is 1.27 bits per heavy atom. The normalized spacial score (nSPS) is 10.8. The summed E-state index contributed by atoms with van der Waals surface area (Å²) < 4.78 is 49.3. The van der Waals surface area contributed by atoms with Gasteiger partial charge in [-0.1, -0.05) is 0 Å². The first-order chi connectivity index (χ1) is 15.8. The number of benzene rings is 3. The van der Waals surface area contributed by atoms with Gasteiger partial charge in [0, 0.05) is 23.0 Å². The quantitative estimate of drug-likeness (QED) is 0.487. The van der Waals surface area contributed by atoms with E-state index in [0.717, 1.165) is 0 Å². The number of hydrogen-bond acceptors (Lipinski definition) is 7. The van der Waals surface area contributed by atoms with Crippen LogP contribution in [-0.4, -0.2) is 42.8 Å². The highest BCUT2D eigenvalue weighted by molar-refractivity contribution is 7.92. The van der Waals surface area contributed by atoms with Gasteiger partial charge in [0.25, 0.3) is 15.9 Å². The summed E-state index contributed by atoms with van der Waals surface area (Å²) >= 11 is 0. The molecule has 0 unspecified atom stereocenters. The molecule has 0 aliphatic heterocycles. The summed E-state index contributed by atoms with van der Waals surface area (Å²) in [5.74, 6) is 1.14. The van der Waals surface area contributed by atoms with Crippen molar-refractivity contribution in [2.45, 2.75) is 4.90 Å². The number of anilines is 2. The summed E-state index contributed by atoms with van der Waals surface area (Å²) in [7, 11) is 1.81. The van der Waals surface area contributed by atoms with Gasteiger partial charge in [-0.05, 0) is 54.6 Å². The van der Waals surface area contributed by atoms with E-state index in [1.807, 2.05) is 0 Å². The summed E-state index contributed by atoms with van der Waals surface area (Å²) in [6.07, 6.45) is 0. The van der Waals surface area contributed by atoms with Gasteiger partial charge in [-0.2, -0.15) is 0 Å². The monoisotopic (exact) mass is 472 g/mol. The van der Waals surface area contributed by atoms with Gasteiger partial charge in [0.1, 0.15) is 27.9 Å². The van der Waals surface area contributed by atoms with Gasteiger partial charge in [0.05, 0.1) is 28.4 Å². The minimum atomic E-state index is -4.03. The van der Waals surface area contributed by atoms with Crippen LogP contribution < -0.4 is 29.0 Å². The molecule has 0 bridgehead atoms. The molecule has 0 spiro atoms. The smallest absolute Gasteiger partial charge is 0.265 e. The predicted molar refractivity (Wildman–Crippen MR) is 124 cm³/mol. The maximum atomic E-state index is 13.0. The van der Waals surface area contributed by atoms with E-state index in [-0.39, 0.29) is 21.9 Å². The van der Waals surface area contributed by atoms with E-state index in [9.17, 15) is 13.2 Å². The predicted octanol–water partition coefficient (Wildman–Crippen LogP) is 3.77. The number of carbonyl (C=O) groups excluding carboxylic acids is 1. The summed E-state index contributed by atoms with van der Waals surface area (Å²) in [4.78, 5) is 12.6. The lowest BCUT2D eigenvalue weighted by Crippen LogP contribution is -2.16. The molecule has 3 aromatic carbocycles. The second kappa shape index (κ2) is 10.1. The van der Waals surface area contributed by atoms with Crippen molar-refractivity contribution in [1.29, 1.82) is 0 Å². The van der Waals surface area contributed by atoms with E-state index >= 15 is 0 Å². The lowest BCUT2D eigenvalue weighted by molar-refractivity contribution is 0.102. The minimum absolute atomic E-state index is 0.122. The van der Waals surface area contributed by atoms with Gasteiger partial charge in [-0.3, -0.25) is 9.52 Å². The number of carbonyl (C=O) groups is 1. The Bertz CT molecular complexity index is 1220. The van der Waals surface area contributed by atoms with Crippen LogP contribution in [0.5, 0.6) is 23.0 Å². The Kier molecular flexibility index (Phi) is 7.29. The van der Waals surface area contributed by atoms with Crippen LogP contribution in [-0.2, 0) is 10.0 Å². The van der Waals surface area contributed by atoms with Crippen molar-refractivity contribution >= 4 is 27.3 Å². The first kappa shape index (κ1) is 23.7. The van der Waals surface area contributed by atoms with E-state index in [1.54, 1.807) is 48.5 Å². The molecule has 2 N–H and O–H groups in total. The van der Waals surface area contributed by atoms with Crippen LogP contribution in [0.25, 0.3) is 0 Å². The molecule has 0 saturated heterocycles. The van der Waals surface area contributed by atoms with Crippen LogP contribution in [0.4, 0.5) is 11.4 Å². The maximum absolute atomic E-state index is 13.0. The second-order valence-corrected chi connectivity index (χ2v) is 8.41. The molecule has 0 atom stereocenters. The van der Waals surface area contributed by atoms with E-state index < -0.39 is 15.9 Å². The molecule has 0 radical (unpaired) electrons. The van der Waals surface area contributed by atoms with Crippen molar-refractivity contribution in [2.24, 2.45) is 0 Å². The first-order valence-electron chi connectivity index (χ1n) is 9.69. The zero-order chi connectivity index (χ0) is 24.0. The lowest BCUT2D eigenvalue weighted by atomic mass is 10.1. The Labute approximate surface area is 192 Å². The molecule has 3 aromatic rings. The SMILES string of the molecule is COc1ccc(NS(=O)(=O)c2cc(NC(=O)c3cc(OC)cc(OC)c3)ccc2OC)cc1. The number of rotatable bonds is 9. The highest BCUT2D eigenvalue weighted by Crippen LogP contribution is 2.30. The van der Waals surface area contributed by atoms with E-state index in [4.69, 9.17) is 18.9 Å². The van der Waals surface area contributed by atoms with Crippen molar-refractivity contribution in [3.8, 4) is 23.0 Å². The minimum Gasteiger partial charge on any atom is -0.497 e. The number of methoxy groups -OCH3 is 4. The molecule has 10 heteroatoms. The Morgan fingerprint density at radius 1 is 0.697 bits per heavy atom. The highest BCUT2D eigenvalue weighted by atomic mass is 32.2. The van der Waals surface area contributed by atoms with E-state index in [0.29, 0.717) is 22.9 Å². The molecule has 0 fully saturated rings. The lowest BCUT2D eigenvalue weighted by Gasteiger charge is -2.14. The fourth-order valence-electron chi connectivity index (χ4n) is 2.98. The molecule has 0 heterocycles. The number of nitrogens with one attached hydrogen (secondary N) is 2. The molecule has 174 valence electrons. The largest absolute Gasteiger partial charge is 0.497 e. The Hall–Kier alpha value is -3.92. The topological polar surface area (TPSA) is 112 Å². The van der Waals surface area contributed by atoms with Crippen molar-refractivity contribution in [3.63, 3.8) is 0 Å². The number of sulfonamides is 1. The summed E-state index contributed by atoms with van der Waals surface area (Å²) in [6, 6.07) is 15.5. The van der Waals surface area contributed by atoms with Gasteiger partial charge < -0.3 is 24.3 Å². The third-order valence-corrected chi connectivity index (χ3v) is 6.07. The molecule has 33 heavy (non-hydrogen) atoms. The van der Waals surface area contributed by atoms with Crippen LogP contribution in [0.1, 0.15) is 10.4 Å². The standard InChI is InChI=1S/C23H24N2O7S/c1-29-18-8-5-16(6-9-18)25-33(27,28)22-13-17(7-10-21(22)32-4)24-23(26)15-11-19(30-2)14-20(12-15)31-3/h5-14,25H,1-4H3,(H,24,26). The number of hydrogen-bond donors (Lipinski definition) is 2. The summed E-state index contributed by atoms with van der Waals surface area (Å²) in [5, 5.41) is 2.69. The van der Waals surface area contributed by atoms with Crippen LogP contribution in [0.2, 0.25) is 0 Å². The molecule has 0 aliphatic rings. The highest BCUT2D eigenvalue weighted by Gasteiger charge is 2.21. The fourth-order valence-corrected chi connectivity index (χ4v) is 4.23. The van der Waals surface area contributed by atoms with Crippen LogP contribution in [0, 0.1) is 0 Å². The second-order valence-electron chi connectivity index (χ2n) is 6.76. The van der Waals surface area contributed by atoms with Crippen molar-refractivity contribution in [3.05, 3.63) is 66.2 Å². The van der Waals surface area contributed by atoms with Crippen LogP contribution in [0.15, 0.2) is 65.6 Å². The first-order valence-corrected chi connectivity index (χ1v) is 11.2. The van der Waals surface area contributed by atoms with Crippen LogP contribution in [0.3, 0.4) is 0 Å². The molecular formula is C23H24N2O7S. The zero-order valence-electron chi connectivity index (χ0n) is 18.5. The van der Waals surface area contributed by atoms with Crippen molar-refractivity contribution < 1.29 is 32.2 Å². The average Bonchev–Trinajstić information content (AvgIpc) is 2.83. The van der Waals surface area contributed by atoms with Gasteiger partial charge >= 0.3 is 0 Å². The summed E-state index contributed by atoms with van der Waals surface area (Å²) in [6.45, 7) is 0. The third-order valence-electron chi connectivity index (χ3n) is 4.67. The third kappa shape index (κ3) is 5.66. The zero-order valence-corrected chi connectivity index (χ0v) is 19.4. The van der Waals surface area contributed by atoms with Crippen LogP contribution >= 0.6 is 0 Å². The molecule has 9 nitrogen and oxygen atoms in total. The Balaban J connectivity index is 1.89. The van der Waals surface area contributed by atoms with Gasteiger partial charge in [0.15, 0.2) is 0 Å². The number of amides is 1. The molecule has 3 rings (SSSR count). The Morgan fingerprint density at radius 3 is 1.82 bits per heavy atom. The maximum Gasteiger partial charge on any atom is 0.265 e. The van der Waals surface area contributed by atoms with E-state index in [1.165, 1.54) is 40.6 Å². The molecule has 0 aliphatic carbocycles. The summed E-state index contributed by atoms with van der Waals surface area (Å²) in [5.41, 5.74) is 0.885. The number of ether oxygens (including phenoxy) is 4. The van der Waals surface area contributed by atoms with Crippen molar-refractivity contribution in [2.75, 3.05) is 38.5 Å². The van der Waals surface area contributed by atoms with Crippen molar-refractivity contribution in [1.82, 2.24) is 0 Å². The molecule has 0 saturated carbocycles. The fraction of sp³-hybridized carbons (Fsp3) is 0.174. The molecule has 0 aromatic heterocycles.